The minimum Gasteiger partial charge on any atom is -0.492 e. The quantitative estimate of drug-likeness (QED) is 0.765. The van der Waals surface area contributed by atoms with Crippen molar-refractivity contribution in [2.24, 2.45) is 0 Å². The molecule has 0 fully saturated rings. The van der Waals surface area contributed by atoms with Crippen molar-refractivity contribution in [3.8, 4) is 5.75 Å². The third-order valence-corrected chi connectivity index (χ3v) is 3.77. The molecule has 0 saturated heterocycles. The maximum absolute atomic E-state index is 9.74. The van der Waals surface area contributed by atoms with Gasteiger partial charge in [0.2, 0.25) is 0 Å². The zero-order chi connectivity index (χ0) is 12.1. The van der Waals surface area contributed by atoms with Crippen molar-refractivity contribution in [3.63, 3.8) is 0 Å². The molecule has 17 heavy (non-hydrogen) atoms. The number of rotatable bonds is 6. The standard InChI is InChI=1S/C15H22O2/c1-2-3-4-7-10-15(11-16)12-17-14-9-6-5-8-13(14)15/h5-6,8-9,16H,2-4,7,10-12H2,1H3/t15-/m0/s1. The van der Waals surface area contributed by atoms with Crippen molar-refractivity contribution >= 4 is 0 Å². The fourth-order valence-corrected chi connectivity index (χ4v) is 2.63. The van der Waals surface area contributed by atoms with Gasteiger partial charge in [-0.1, -0.05) is 50.8 Å². The van der Waals surface area contributed by atoms with Gasteiger partial charge in [0.15, 0.2) is 0 Å². The predicted octanol–water partition coefficient (Wildman–Crippen LogP) is 3.28. The molecule has 1 heterocycles. The van der Waals surface area contributed by atoms with E-state index in [0.29, 0.717) is 6.61 Å². The van der Waals surface area contributed by atoms with E-state index in [0.717, 1.165) is 12.2 Å². The van der Waals surface area contributed by atoms with Gasteiger partial charge in [0.25, 0.3) is 0 Å². The van der Waals surface area contributed by atoms with E-state index in [1.807, 2.05) is 18.2 Å². The summed E-state index contributed by atoms with van der Waals surface area (Å²) in [5.74, 6) is 0.956. The molecule has 1 aliphatic rings. The average Bonchev–Trinajstić information content (AvgIpc) is 2.75. The lowest BCUT2D eigenvalue weighted by Crippen LogP contribution is -2.32. The first kappa shape index (κ1) is 12.4. The second-order valence-corrected chi connectivity index (χ2v) is 5.03. The van der Waals surface area contributed by atoms with Gasteiger partial charge in [-0.25, -0.2) is 0 Å². The molecule has 1 aromatic carbocycles. The normalized spacial score (nSPS) is 22.2. The van der Waals surface area contributed by atoms with Gasteiger partial charge in [0.1, 0.15) is 12.4 Å². The Kier molecular flexibility index (Phi) is 4.06. The van der Waals surface area contributed by atoms with Crippen LogP contribution in [0.3, 0.4) is 0 Å². The highest BCUT2D eigenvalue weighted by atomic mass is 16.5. The van der Waals surface area contributed by atoms with Crippen molar-refractivity contribution in [3.05, 3.63) is 29.8 Å². The molecule has 0 bridgehead atoms. The van der Waals surface area contributed by atoms with Gasteiger partial charge in [-0.3, -0.25) is 0 Å². The molecule has 0 radical (unpaired) electrons. The van der Waals surface area contributed by atoms with Crippen LogP contribution >= 0.6 is 0 Å². The molecule has 1 atom stereocenters. The number of aliphatic hydroxyl groups excluding tert-OH is 1. The van der Waals surface area contributed by atoms with Crippen LogP contribution in [0.1, 0.15) is 44.6 Å². The molecule has 0 amide bonds. The van der Waals surface area contributed by atoms with E-state index < -0.39 is 0 Å². The second-order valence-electron chi connectivity index (χ2n) is 5.03. The van der Waals surface area contributed by atoms with E-state index in [1.54, 1.807) is 0 Å². The van der Waals surface area contributed by atoms with Crippen LogP contribution in [0.25, 0.3) is 0 Å². The fraction of sp³-hybridized carbons (Fsp3) is 0.600. The molecule has 0 unspecified atom stereocenters. The van der Waals surface area contributed by atoms with Crippen molar-refractivity contribution < 1.29 is 9.84 Å². The summed E-state index contributed by atoms with van der Waals surface area (Å²) in [6, 6.07) is 8.12. The molecule has 0 aromatic heterocycles. The summed E-state index contributed by atoms with van der Waals surface area (Å²) in [6.45, 7) is 3.04. The van der Waals surface area contributed by atoms with Crippen LogP contribution in [0.5, 0.6) is 5.75 Å². The molecule has 1 aliphatic heterocycles. The zero-order valence-corrected chi connectivity index (χ0v) is 10.6. The average molecular weight is 234 g/mol. The Morgan fingerprint density at radius 1 is 1.24 bits per heavy atom. The Labute approximate surface area is 104 Å². The van der Waals surface area contributed by atoms with Gasteiger partial charge >= 0.3 is 0 Å². The highest BCUT2D eigenvalue weighted by Crippen LogP contribution is 2.41. The molecular weight excluding hydrogens is 212 g/mol. The van der Waals surface area contributed by atoms with Gasteiger partial charge in [-0.05, 0) is 12.5 Å². The summed E-state index contributed by atoms with van der Waals surface area (Å²) in [6.07, 6.45) is 5.98. The van der Waals surface area contributed by atoms with Crippen molar-refractivity contribution in [1.82, 2.24) is 0 Å². The number of hydrogen-bond acceptors (Lipinski definition) is 2. The number of aliphatic hydroxyl groups is 1. The van der Waals surface area contributed by atoms with E-state index in [1.165, 1.54) is 31.2 Å². The van der Waals surface area contributed by atoms with E-state index in [9.17, 15) is 5.11 Å². The van der Waals surface area contributed by atoms with Crippen LogP contribution in [0.2, 0.25) is 0 Å². The third-order valence-electron chi connectivity index (χ3n) is 3.77. The fourth-order valence-electron chi connectivity index (χ4n) is 2.63. The maximum atomic E-state index is 9.74. The highest BCUT2D eigenvalue weighted by molar-refractivity contribution is 5.43. The lowest BCUT2D eigenvalue weighted by molar-refractivity contribution is 0.147. The SMILES string of the molecule is CCCCCC[C@]1(CO)COc2ccccc21. The van der Waals surface area contributed by atoms with Gasteiger partial charge in [-0.2, -0.15) is 0 Å². The smallest absolute Gasteiger partial charge is 0.123 e. The molecule has 0 aliphatic carbocycles. The Hall–Kier alpha value is -1.02. The maximum Gasteiger partial charge on any atom is 0.123 e. The largest absolute Gasteiger partial charge is 0.492 e. The summed E-state index contributed by atoms with van der Waals surface area (Å²) >= 11 is 0. The van der Waals surface area contributed by atoms with Gasteiger partial charge in [-0.15, -0.1) is 0 Å². The summed E-state index contributed by atoms with van der Waals surface area (Å²) in [4.78, 5) is 0. The van der Waals surface area contributed by atoms with E-state index in [-0.39, 0.29) is 12.0 Å². The Morgan fingerprint density at radius 2 is 2.06 bits per heavy atom. The van der Waals surface area contributed by atoms with Crippen LogP contribution in [0, 0.1) is 0 Å². The highest BCUT2D eigenvalue weighted by Gasteiger charge is 2.39. The second kappa shape index (κ2) is 5.54. The summed E-state index contributed by atoms with van der Waals surface area (Å²) in [7, 11) is 0. The Bertz CT molecular complexity index is 362. The molecule has 0 spiro atoms. The minimum absolute atomic E-state index is 0.148. The number of unbranched alkanes of at least 4 members (excludes halogenated alkanes) is 3. The molecular formula is C15H22O2. The van der Waals surface area contributed by atoms with Crippen molar-refractivity contribution in [2.45, 2.75) is 44.4 Å². The third kappa shape index (κ3) is 2.47. The van der Waals surface area contributed by atoms with Crippen LogP contribution in [0.15, 0.2) is 24.3 Å². The lowest BCUT2D eigenvalue weighted by atomic mass is 9.78. The molecule has 94 valence electrons. The van der Waals surface area contributed by atoms with Gasteiger partial charge in [0, 0.05) is 5.56 Å². The van der Waals surface area contributed by atoms with Crippen LogP contribution in [-0.4, -0.2) is 18.3 Å². The minimum atomic E-state index is -0.148. The molecule has 2 rings (SSSR count). The molecule has 2 nitrogen and oxygen atoms in total. The first-order chi connectivity index (χ1) is 8.32. The van der Waals surface area contributed by atoms with Gasteiger partial charge < -0.3 is 9.84 Å². The van der Waals surface area contributed by atoms with Crippen molar-refractivity contribution in [2.75, 3.05) is 13.2 Å². The van der Waals surface area contributed by atoms with Crippen LogP contribution < -0.4 is 4.74 Å². The van der Waals surface area contributed by atoms with Crippen molar-refractivity contribution in [1.29, 1.82) is 0 Å². The Morgan fingerprint density at radius 3 is 2.82 bits per heavy atom. The summed E-state index contributed by atoms with van der Waals surface area (Å²) in [5, 5.41) is 9.74. The van der Waals surface area contributed by atoms with E-state index in [4.69, 9.17) is 4.74 Å². The van der Waals surface area contributed by atoms with Crippen LogP contribution in [0.4, 0.5) is 0 Å². The molecule has 2 heteroatoms. The summed E-state index contributed by atoms with van der Waals surface area (Å²) < 4.78 is 5.70. The molecule has 1 N–H and O–H groups in total. The van der Waals surface area contributed by atoms with E-state index in [2.05, 4.69) is 13.0 Å². The topological polar surface area (TPSA) is 29.5 Å². The zero-order valence-electron chi connectivity index (χ0n) is 10.6. The lowest BCUT2D eigenvalue weighted by Gasteiger charge is -2.25. The number of fused-ring (bicyclic) bond motifs is 1. The summed E-state index contributed by atoms with van der Waals surface area (Å²) in [5.41, 5.74) is 1.05. The number of ether oxygens (including phenoxy) is 1. The first-order valence-corrected chi connectivity index (χ1v) is 6.65. The monoisotopic (exact) mass is 234 g/mol. The predicted molar refractivity (Wildman–Crippen MR) is 69.5 cm³/mol. The first-order valence-electron chi connectivity index (χ1n) is 6.65. The van der Waals surface area contributed by atoms with Gasteiger partial charge in [0.05, 0.1) is 12.0 Å². The number of benzene rings is 1. The number of para-hydroxylation sites is 1. The van der Waals surface area contributed by atoms with Crippen LogP contribution in [-0.2, 0) is 5.41 Å². The molecule has 0 saturated carbocycles. The Balaban J connectivity index is 2.06. The van der Waals surface area contributed by atoms with E-state index >= 15 is 0 Å². The number of hydrogen-bond donors (Lipinski definition) is 1. The molecule has 1 aromatic rings.